The van der Waals surface area contributed by atoms with E-state index in [1.165, 1.54) is 0 Å². The van der Waals surface area contributed by atoms with Crippen LogP contribution in [0.4, 0.5) is 0 Å². The fourth-order valence-corrected chi connectivity index (χ4v) is 2.07. The van der Waals surface area contributed by atoms with Crippen LogP contribution in [0, 0.1) is 12.3 Å². The smallest absolute Gasteiger partial charge is 0.0957 e. The molecule has 0 saturated heterocycles. The molecule has 0 aliphatic heterocycles. The maximum atomic E-state index is 6.12. The highest BCUT2D eigenvalue weighted by Gasteiger charge is 2.10. The quantitative estimate of drug-likeness (QED) is 0.831. The standard InChI is InChI=1S/C12H13BrClN/c1-3-7-15-12(4-2)10-6-5-9(13)8-11(10)14/h2,5-6,8,12,15H,3,7H2,1H3. The van der Waals surface area contributed by atoms with Crippen molar-refractivity contribution in [2.75, 3.05) is 6.54 Å². The van der Waals surface area contributed by atoms with Gasteiger partial charge in [0.1, 0.15) is 0 Å². The SMILES string of the molecule is C#CC(NCCC)c1ccc(Br)cc1Cl. The molecule has 0 fully saturated rings. The van der Waals surface area contributed by atoms with Gasteiger partial charge in [0.2, 0.25) is 0 Å². The van der Waals surface area contributed by atoms with Crippen LogP contribution in [-0.4, -0.2) is 6.54 Å². The van der Waals surface area contributed by atoms with Gasteiger partial charge in [0.25, 0.3) is 0 Å². The van der Waals surface area contributed by atoms with Crippen LogP contribution in [0.15, 0.2) is 22.7 Å². The van der Waals surface area contributed by atoms with Crippen LogP contribution in [0.5, 0.6) is 0 Å². The second-order valence-corrected chi connectivity index (χ2v) is 4.54. The molecule has 3 heteroatoms. The zero-order valence-electron chi connectivity index (χ0n) is 8.56. The van der Waals surface area contributed by atoms with Crippen molar-refractivity contribution in [1.82, 2.24) is 5.32 Å². The Kier molecular flexibility index (Phi) is 5.17. The summed E-state index contributed by atoms with van der Waals surface area (Å²) in [4.78, 5) is 0. The first-order chi connectivity index (χ1) is 7.19. The Hall–Kier alpha value is -0.490. The summed E-state index contributed by atoms with van der Waals surface area (Å²) in [6, 6.07) is 5.64. The summed E-state index contributed by atoms with van der Waals surface area (Å²) in [5, 5.41) is 3.95. The highest BCUT2D eigenvalue weighted by molar-refractivity contribution is 9.10. The average molecular weight is 287 g/mol. The lowest BCUT2D eigenvalue weighted by Gasteiger charge is -2.14. The van der Waals surface area contributed by atoms with Gasteiger partial charge in [-0.25, -0.2) is 0 Å². The third-order valence-electron chi connectivity index (χ3n) is 2.04. The molecule has 0 radical (unpaired) electrons. The summed E-state index contributed by atoms with van der Waals surface area (Å²) in [5.41, 5.74) is 0.954. The maximum Gasteiger partial charge on any atom is 0.0957 e. The van der Waals surface area contributed by atoms with Crippen LogP contribution in [0.2, 0.25) is 5.02 Å². The molecular weight excluding hydrogens is 273 g/mol. The molecule has 1 N–H and O–H groups in total. The van der Waals surface area contributed by atoms with Gasteiger partial charge in [-0.3, -0.25) is 5.32 Å². The fourth-order valence-electron chi connectivity index (χ4n) is 1.28. The predicted molar refractivity (Wildman–Crippen MR) is 69.0 cm³/mol. The first-order valence-electron chi connectivity index (χ1n) is 4.83. The molecule has 1 aromatic carbocycles. The van der Waals surface area contributed by atoms with Gasteiger partial charge in [-0.2, -0.15) is 0 Å². The van der Waals surface area contributed by atoms with Crippen LogP contribution < -0.4 is 5.32 Å². The van der Waals surface area contributed by atoms with Gasteiger partial charge in [-0.15, -0.1) is 6.42 Å². The Balaban J connectivity index is 2.88. The van der Waals surface area contributed by atoms with Crippen molar-refractivity contribution >= 4 is 27.5 Å². The maximum absolute atomic E-state index is 6.12. The summed E-state index contributed by atoms with van der Waals surface area (Å²) in [5.74, 6) is 2.70. The molecule has 0 aliphatic carbocycles. The van der Waals surface area contributed by atoms with E-state index in [0.29, 0.717) is 5.02 Å². The molecule has 1 rings (SSSR count). The molecular formula is C12H13BrClN. The number of halogens is 2. The number of hydrogen-bond donors (Lipinski definition) is 1. The first kappa shape index (κ1) is 12.6. The van der Waals surface area contributed by atoms with Gasteiger partial charge in [-0.05, 0) is 30.7 Å². The Morgan fingerprint density at radius 3 is 2.87 bits per heavy atom. The molecule has 1 aromatic rings. The van der Waals surface area contributed by atoms with Gasteiger partial charge >= 0.3 is 0 Å². The van der Waals surface area contributed by atoms with Crippen molar-refractivity contribution in [1.29, 1.82) is 0 Å². The van der Waals surface area contributed by atoms with Crippen molar-refractivity contribution in [2.24, 2.45) is 0 Å². The van der Waals surface area contributed by atoms with Crippen molar-refractivity contribution in [3.05, 3.63) is 33.3 Å². The molecule has 80 valence electrons. The number of benzene rings is 1. The molecule has 0 amide bonds. The van der Waals surface area contributed by atoms with Gasteiger partial charge in [0.15, 0.2) is 0 Å². The average Bonchev–Trinajstić information content (AvgIpc) is 2.21. The molecule has 0 heterocycles. The number of nitrogens with one attached hydrogen (secondary N) is 1. The second kappa shape index (κ2) is 6.17. The molecule has 1 unspecified atom stereocenters. The van der Waals surface area contributed by atoms with Gasteiger partial charge in [0, 0.05) is 9.50 Å². The van der Waals surface area contributed by atoms with Gasteiger partial charge in [0.05, 0.1) is 6.04 Å². The Bertz CT molecular complexity index is 370. The summed E-state index contributed by atoms with van der Waals surface area (Å²) in [6.45, 7) is 2.99. The number of rotatable bonds is 4. The van der Waals surface area contributed by atoms with Crippen LogP contribution in [-0.2, 0) is 0 Å². The summed E-state index contributed by atoms with van der Waals surface area (Å²) < 4.78 is 0.961. The van der Waals surface area contributed by atoms with Crippen molar-refractivity contribution in [3.8, 4) is 12.3 Å². The Labute approximate surface area is 104 Å². The van der Waals surface area contributed by atoms with E-state index in [9.17, 15) is 0 Å². The van der Waals surface area contributed by atoms with E-state index in [0.717, 1.165) is 23.0 Å². The molecule has 0 spiro atoms. The Morgan fingerprint density at radius 1 is 1.60 bits per heavy atom. The third kappa shape index (κ3) is 3.53. The molecule has 0 saturated carbocycles. The first-order valence-corrected chi connectivity index (χ1v) is 6.00. The largest absolute Gasteiger partial charge is 0.300 e. The minimum atomic E-state index is -0.106. The Morgan fingerprint density at radius 2 is 2.33 bits per heavy atom. The van der Waals surface area contributed by atoms with Gasteiger partial charge < -0.3 is 0 Å². The molecule has 1 atom stereocenters. The molecule has 15 heavy (non-hydrogen) atoms. The van der Waals surface area contributed by atoms with Crippen LogP contribution in [0.1, 0.15) is 24.9 Å². The summed E-state index contributed by atoms with van der Waals surface area (Å²) >= 11 is 9.48. The summed E-state index contributed by atoms with van der Waals surface area (Å²) in [7, 11) is 0. The highest BCUT2D eigenvalue weighted by Crippen LogP contribution is 2.26. The van der Waals surface area contributed by atoms with E-state index in [1.54, 1.807) is 0 Å². The van der Waals surface area contributed by atoms with E-state index < -0.39 is 0 Å². The van der Waals surface area contributed by atoms with Crippen molar-refractivity contribution < 1.29 is 0 Å². The van der Waals surface area contributed by atoms with Gasteiger partial charge in [-0.1, -0.05) is 46.4 Å². The zero-order valence-corrected chi connectivity index (χ0v) is 10.9. The van der Waals surface area contributed by atoms with E-state index in [1.807, 2.05) is 18.2 Å². The molecule has 0 aromatic heterocycles. The lowest BCUT2D eigenvalue weighted by atomic mass is 10.1. The lowest BCUT2D eigenvalue weighted by Crippen LogP contribution is -2.20. The van der Waals surface area contributed by atoms with Crippen LogP contribution >= 0.6 is 27.5 Å². The minimum Gasteiger partial charge on any atom is -0.300 e. The molecule has 0 bridgehead atoms. The van der Waals surface area contributed by atoms with Crippen molar-refractivity contribution in [2.45, 2.75) is 19.4 Å². The molecule has 0 aliphatic rings. The number of terminal acetylenes is 1. The second-order valence-electron chi connectivity index (χ2n) is 3.22. The van der Waals surface area contributed by atoms with Crippen LogP contribution in [0.25, 0.3) is 0 Å². The normalized spacial score (nSPS) is 12.1. The summed E-state index contributed by atoms with van der Waals surface area (Å²) in [6.07, 6.45) is 6.52. The van der Waals surface area contributed by atoms with E-state index in [2.05, 4.69) is 34.1 Å². The van der Waals surface area contributed by atoms with Crippen molar-refractivity contribution in [3.63, 3.8) is 0 Å². The topological polar surface area (TPSA) is 12.0 Å². The van der Waals surface area contributed by atoms with Crippen LogP contribution in [0.3, 0.4) is 0 Å². The third-order valence-corrected chi connectivity index (χ3v) is 2.86. The monoisotopic (exact) mass is 285 g/mol. The predicted octanol–water partition coefficient (Wildman–Crippen LogP) is 3.78. The number of hydrogen-bond acceptors (Lipinski definition) is 1. The highest BCUT2D eigenvalue weighted by atomic mass is 79.9. The lowest BCUT2D eigenvalue weighted by molar-refractivity contribution is 0.626. The fraction of sp³-hybridized carbons (Fsp3) is 0.333. The zero-order chi connectivity index (χ0) is 11.3. The molecule has 1 nitrogen and oxygen atoms in total. The minimum absolute atomic E-state index is 0.106. The van der Waals surface area contributed by atoms with E-state index in [4.69, 9.17) is 18.0 Å². The van der Waals surface area contributed by atoms with E-state index >= 15 is 0 Å². The van der Waals surface area contributed by atoms with E-state index in [-0.39, 0.29) is 6.04 Å².